The fraction of sp³-hybridized carbons (Fsp3) is 0.188. The molecule has 0 fully saturated rings. The van der Waals surface area contributed by atoms with E-state index >= 15 is 0 Å². The van der Waals surface area contributed by atoms with Crippen LogP contribution in [0.5, 0.6) is 0 Å². The van der Waals surface area contributed by atoms with Gasteiger partial charge >= 0.3 is 0 Å². The van der Waals surface area contributed by atoms with E-state index in [-0.39, 0.29) is 0 Å². The van der Waals surface area contributed by atoms with Gasteiger partial charge in [0.05, 0.1) is 16.6 Å². The fourth-order valence-electron chi connectivity index (χ4n) is 5.66. The summed E-state index contributed by atoms with van der Waals surface area (Å²) in [7, 11) is 0. The molecule has 4 aromatic carbocycles. The predicted molar refractivity (Wildman–Crippen MR) is 163 cm³/mol. The average molecular weight is 527 g/mol. The molecule has 0 bridgehead atoms. The highest BCUT2D eigenvalue weighted by atomic mass is 32.1. The summed E-state index contributed by atoms with van der Waals surface area (Å²) in [5, 5.41) is 5.85. The molecule has 0 spiro atoms. The van der Waals surface area contributed by atoms with E-state index in [9.17, 15) is 0 Å². The topological polar surface area (TPSA) is 83.1 Å². The number of hydrogen-bond acceptors (Lipinski definition) is 5. The Hall–Kier alpha value is -4.36. The Kier molecular flexibility index (Phi) is 4.68. The van der Waals surface area contributed by atoms with E-state index in [1.165, 1.54) is 31.3 Å². The van der Waals surface area contributed by atoms with Crippen LogP contribution in [-0.2, 0) is 0 Å². The zero-order chi connectivity index (χ0) is 26.4. The normalized spacial score (nSPS) is 12.6. The molecule has 190 valence electrons. The summed E-state index contributed by atoms with van der Waals surface area (Å²) in [4.78, 5) is 25.8. The number of rotatable bonds is 3. The molecule has 0 atom stereocenters. The second-order valence-electron chi connectivity index (χ2n) is 11.0. The summed E-state index contributed by atoms with van der Waals surface area (Å²) in [6.45, 7) is 8.64. The van der Waals surface area contributed by atoms with Crippen molar-refractivity contribution < 1.29 is 0 Å². The highest BCUT2D eigenvalue weighted by Gasteiger charge is 2.17. The Balaban J connectivity index is 1.31. The third kappa shape index (κ3) is 3.32. The third-order valence-corrected chi connectivity index (χ3v) is 8.87. The quantitative estimate of drug-likeness (QED) is 0.225. The zero-order valence-electron chi connectivity index (χ0n) is 22.1. The van der Waals surface area contributed by atoms with Gasteiger partial charge in [0.1, 0.15) is 29.0 Å². The van der Waals surface area contributed by atoms with Crippen molar-refractivity contribution in [3.05, 3.63) is 72.7 Å². The molecule has 39 heavy (non-hydrogen) atoms. The van der Waals surface area contributed by atoms with E-state index in [0.717, 1.165) is 55.4 Å². The van der Waals surface area contributed by atoms with Gasteiger partial charge in [-0.1, -0.05) is 52.0 Å². The number of imidazole rings is 2. The van der Waals surface area contributed by atoms with Crippen molar-refractivity contribution >= 4 is 75.3 Å². The summed E-state index contributed by atoms with van der Waals surface area (Å²) in [6, 6.07) is 18.0. The number of aromatic amines is 2. The van der Waals surface area contributed by atoms with Gasteiger partial charge in [0.25, 0.3) is 0 Å². The Labute approximate surface area is 228 Å². The van der Waals surface area contributed by atoms with E-state index in [1.54, 1.807) is 6.33 Å². The van der Waals surface area contributed by atoms with Crippen LogP contribution < -0.4 is 0 Å². The molecular formula is C32H26N6S. The Bertz CT molecular complexity index is 2250. The highest BCUT2D eigenvalue weighted by Crippen LogP contribution is 2.40. The SMILES string of the molecule is CC(C)c1nc2cc3sc4cc(-c5ccc6c(c5)c5cncnc5c5nc(C(C)C)[nH]c65)ccc4c3cc2[nH]1. The van der Waals surface area contributed by atoms with Crippen LogP contribution in [0.15, 0.2) is 61.1 Å². The molecule has 0 amide bonds. The predicted octanol–water partition coefficient (Wildman–Crippen LogP) is 8.82. The maximum absolute atomic E-state index is 4.90. The number of nitrogens with zero attached hydrogens (tertiary/aromatic N) is 4. The van der Waals surface area contributed by atoms with E-state index in [1.807, 2.05) is 17.5 Å². The molecule has 8 aromatic rings. The van der Waals surface area contributed by atoms with Crippen molar-refractivity contribution in [1.29, 1.82) is 0 Å². The lowest BCUT2D eigenvalue weighted by molar-refractivity contribution is 0.799. The molecule has 0 unspecified atom stereocenters. The van der Waals surface area contributed by atoms with Crippen molar-refractivity contribution in [1.82, 2.24) is 29.9 Å². The lowest BCUT2D eigenvalue weighted by Gasteiger charge is -2.08. The highest BCUT2D eigenvalue weighted by molar-refractivity contribution is 7.25. The number of H-pyrrole nitrogens is 2. The van der Waals surface area contributed by atoms with E-state index < -0.39 is 0 Å². The minimum absolute atomic E-state index is 0.303. The summed E-state index contributed by atoms with van der Waals surface area (Å²) < 4.78 is 2.54. The van der Waals surface area contributed by atoms with E-state index in [2.05, 4.69) is 96.2 Å². The maximum atomic E-state index is 4.90. The van der Waals surface area contributed by atoms with Crippen molar-refractivity contribution in [2.45, 2.75) is 39.5 Å². The number of nitrogens with one attached hydrogen (secondary N) is 2. The van der Waals surface area contributed by atoms with Crippen molar-refractivity contribution in [2.75, 3.05) is 0 Å². The largest absolute Gasteiger partial charge is 0.342 e. The first-order valence-corrected chi connectivity index (χ1v) is 14.2. The van der Waals surface area contributed by atoms with Gasteiger partial charge in [-0.2, -0.15) is 0 Å². The molecule has 6 nitrogen and oxygen atoms in total. The molecule has 4 aromatic heterocycles. The molecule has 4 heterocycles. The molecule has 0 aliphatic heterocycles. The van der Waals surface area contributed by atoms with Crippen LogP contribution in [-0.4, -0.2) is 29.9 Å². The van der Waals surface area contributed by atoms with Crippen LogP contribution in [0.3, 0.4) is 0 Å². The number of aromatic nitrogens is 6. The van der Waals surface area contributed by atoms with Crippen LogP contribution in [0, 0.1) is 0 Å². The van der Waals surface area contributed by atoms with Crippen molar-refractivity contribution in [2.24, 2.45) is 0 Å². The van der Waals surface area contributed by atoms with Crippen LogP contribution in [0.1, 0.15) is 51.2 Å². The number of fused-ring (bicyclic) bond motifs is 10. The second kappa shape index (κ2) is 8.07. The summed E-state index contributed by atoms with van der Waals surface area (Å²) in [5.41, 5.74) is 7.34. The van der Waals surface area contributed by atoms with Gasteiger partial charge in [0, 0.05) is 49.0 Å². The molecular weight excluding hydrogens is 500 g/mol. The number of benzene rings is 4. The summed E-state index contributed by atoms with van der Waals surface area (Å²) in [5.74, 6) is 2.69. The van der Waals surface area contributed by atoms with Crippen molar-refractivity contribution in [3.63, 3.8) is 0 Å². The van der Waals surface area contributed by atoms with Crippen LogP contribution in [0.4, 0.5) is 0 Å². The second-order valence-corrected chi connectivity index (χ2v) is 12.1. The van der Waals surface area contributed by atoms with Crippen LogP contribution >= 0.6 is 11.3 Å². The Morgan fingerprint density at radius 2 is 1.41 bits per heavy atom. The first kappa shape index (κ1) is 22.6. The maximum Gasteiger partial charge on any atom is 0.116 e. The first-order valence-electron chi connectivity index (χ1n) is 13.4. The van der Waals surface area contributed by atoms with Gasteiger partial charge in [-0.15, -0.1) is 11.3 Å². The smallest absolute Gasteiger partial charge is 0.116 e. The number of hydrogen-bond donors (Lipinski definition) is 2. The van der Waals surface area contributed by atoms with E-state index in [0.29, 0.717) is 11.8 Å². The monoisotopic (exact) mass is 526 g/mol. The molecule has 0 aliphatic rings. The van der Waals surface area contributed by atoms with Gasteiger partial charge < -0.3 is 9.97 Å². The third-order valence-electron chi connectivity index (χ3n) is 7.76. The zero-order valence-corrected chi connectivity index (χ0v) is 22.9. The Morgan fingerprint density at radius 3 is 2.23 bits per heavy atom. The Morgan fingerprint density at radius 1 is 0.667 bits per heavy atom. The molecule has 8 rings (SSSR count). The van der Waals surface area contributed by atoms with Crippen molar-refractivity contribution in [3.8, 4) is 11.1 Å². The van der Waals surface area contributed by atoms with Gasteiger partial charge in [-0.25, -0.2) is 19.9 Å². The van der Waals surface area contributed by atoms with Gasteiger partial charge in [-0.05, 0) is 40.8 Å². The van der Waals surface area contributed by atoms with Gasteiger partial charge in [0.2, 0.25) is 0 Å². The molecule has 7 heteroatoms. The molecule has 0 saturated carbocycles. The number of thiophene rings is 1. The summed E-state index contributed by atoms with van der Waals surface area (Å²) in [6.07, 6.45) is 3.52. The fourth-order valence-corrected chi connectivity index (χ4v) is 6.82. The lowest BCUT2D eigenvalue weighted by Crippen LogP contribution is -1.88. The minimum atomic E-state index is 0.303. The standard InChI is InChI=1S/C32H26N6S/c1-15(2)31-35-24-11-22-19-7-5-18(10-26(19)39-27(22)12-25(24)36-31)17-6-8-20-21(9-17)23-13-33-14-34-28(23)30-29(20)37-32(38-30)16(3)4/h5-16H,1-4H3,(H,35,36)(H,37,38). The van der Waals surface area contributed by atoms with Crippen LogP contribution in [0.2, 0.25) is 0 Å². The molecule has 0 saturated heterocycles. The molecule has 0 aliphatic carbocycles. The summed E-state index contributed by atoms with van der Waals surface area (Å²) >= 11 is 1.83. The first-order chi connectivity index (χ1) is 18.9. The molecule has 0 radical (unpaired) electrons. The lowest BCUT2D eigenvalue weighted by atomic mass is 9.97. The van der Waals surface area contributed by atoms with E-state index in [4.69, 9.17) is 9.97 Å². The van der Waals surface area contributed by atoms with Gasteiger partial charge in [-0.3, -0.25) is 0 Å². The van der Waals surface area contributed by atoms with Gasteiger partial charge in [0.15, 0.2) is 0 Å². The molecule has 2 N–H and O–H groups in total. The average Bonchev–Trinajstić information content (AvgIpc) is 3.66. The minimum Gasteiger partial charge on any atom is -0.342 e. The van der Waals surface area contributed by atoms with Crippen LogP contribution in [0.25, 0.3) is 75.0 Å².